The molecule has 4 aliphatic carbocycles. The van der Waals surface area contributed by atoms with E-state index in [1.54, 1.807) is 0 Å². The van der Waals surface area contributed by atoms with E-state index in [0.717, 1.165) is 68.9 Å². The Kier molecular flexibility index (Phi) is 14.6. The Bertz CT molecular complexity index is 3490. The van der Waals surface area contributed by atoms with E-state index in [1.807, 2.05) is 0 Å². The van der Waals surface area contributed by atoms with E-state index in [9.17, 15) is 49.8 Å². The number of ether oxygens (including phenoxy) is 2. The number of primary amides is 1. The molecule has 7 amide bonds. The Morgan fingerprint density at radius 1 is 0.610 bits per heavy atom. The summed E-state index contributed by atoms with van der Waals surface area (Å²) in [5, 5.41) is 85.1. The van der Waals surface area contributed by atoms with E-state index in [-0.39, 0.29) is 72.4 Å². The number of hydrogen-bond donors (Lipinski definition) is 14. The molecule has 23 nitrogen and oxygen atoms in total. The fourth-order valence-corrected chi connectivity index (χ4v) is 13.5. The summed E-state index contributed by atoms with van der Waals surface area (Å²) in [5.74, 6) is -10.4. The van der Waals surface area contributed by atoms with Crippen LogP contribution in [0.4, 0.5) is 0 Å². The van der Waals surface area contributed by atoms with Gasteiger partial charge in [-0.2, -0.15) is 0 Å². The summed E-state index contributed by atoms with van der Waals surface area (Å²) >= 11 is 13.5. The standard InChI is InChI=1S/C57H56Cl2N8O15/c58-32-11-26-2-5-37(32)81-39-13-28-14-40(50(39)74)82-38-6-3-27(12-33(38)59)49(73)47-56(80)66-46(53(77)62-21-57-18-22-7-23(19-57)9-24(8-22)20-57)31-15-29(68)16-36(70)42(31)30-10-25(1-4-35(30)69)44(54(78)67-47)65-55(79)45(28)64-51(75)34(17-41(60)71)63-52(76)43(61)48(26)72/h1-6,10-16,22-24,34,43-49,68-70,72-74H,7-9,17-21,61H2,(H2,60,71)(H,62,77)(H,63,76)(H,64,75)(H,65,79)(H,66,80)(H,67,78)/t22?,23?,24?,34-,43+,44+,45+,46-,47-,48+,49+,57?/m0/s1. The van der Waals surface area contributed by atoms with E-state index in [0.29, 0.717) is 17.8 Å². The Morgan fingerprint density at radius 3 is 1.77 bits per heavy atom. The van der Waals surface area contributed by atoms with Crippen molar-refractivity contribution >= 4 is 64.6 Å². The molecule has 25 heteroatoms. The fraction of sp³-hybridized carbons (Fsp3) is 0.351. The molecule has 5 heterocycles. The Hall–Kier alpha value is -8.35. The maximum absolute atomic E-state index is 15.4. The number of amides is 7. The molecule has 4 fully saturated rings. The van der Waals surface area contributed by atoms with Crippen molar-refractivity contribution in [1.29, 1.82) is 0 Å². The second-order valence-electron chi connectivity index (χ2n) is 22.2. The van der Waals surface area contributed by atoms with Gasteiger partial charge in [0.1, 0.15) is 77.2 Å². The summed E-state index contributed by atoms with van der Waals surface area (Å²) in [4.78, 5) is 101. The van der Waals surface area contributed by atoms with Gasteiger partial charge in [-0.3, -0.25) is 33.6 Å². The number of hydrogen-bond acceptors (Lipinski definition) is 16. The molecular weight excluding hydrogens is 1110 g/mol. The number of halogens is 2. The van der Waals surface area contributed by atoms with Gasteiger partial charge in [-0.25, -0.2) is 0 Å². The van der Waals surface area contributed by atoms with Crippen molar-refractivity contribution in [2.24, 2.45) is 34.6 Å². The lowest BCUT2D eigenvalue weighted by Gasteiger charge is -2.57. The molecule has 0 radical (unpaired) electrons. The zero-order chi connectivity index (χ0) is 58.2. The second-order valence-corrected chi connectivity index (χ2v) is 23.1. The molecule has 0 spiro atoms. The van der Waals surface area contributed by atoms with Crippen LogP contribution in [-0.4, -0.2) is 96.7 Å². The van der Waals surface area contributed by atoms with Crippen LogP contribution in [0.25, 0.3) is 11.1 Å². The lowest BCUT2D eigenvalue weighted by atomic mass is 9.49. The van der Waals surface area contributed by atoms with E-state index in [4.69, 9.17) is 44.1 Å². The van der Waals surface area contributed by atoms with Gasteiger partial charge in [0.25, 0.3) is 0 Å². The Balaban J connectivity index is 1.08. The molecule has 4 saturated carbocycles. The van der Waals surface area contributed by atoms with E-state index < -0.39 is 131 Å². The van der Waals surface area contributed by atoms with Crippen molar-refractivity contribution in [2.45, 2.75) is 93.4 Å². The smallest absolute Gasteiger partial charge is 0.248 e. The number of carbonyl (C=O) groups is 7. The molecule has 16 N–H and O–H groups in total. The van der Waals surface area contributed by atoms with Crippen molar-refractivity contribution in [3.8, 4) is 57.1 Å². The van der Waals surface area contributed by atoms with Crippen molar-refractivity contribution in [1.82, 2.24) is 31.9 Å². The van der Waals surface area contributed by atoms with Gasteiger partial charge in [-0.05, 0) is 144 Å². The zero-order valence-corrected chi connectivity index (χ0v) is 44.8. The number of aromatic hydroxyl groups is 4. The molecule has 5 aromatic carbocycles. The van der Waals surface area contributed by atoms with Gasteiger partial charge in [-0.1, -0.05) is 41.4 Å². The maximum Gasteiger partial charge on any atom is 0.248 e. The van der Waals surface area contributed by atoms with Crippen LogP contribution in [-0.2, 0) is 33.6 Å². The summed E-state index contributed by atoms with van der Waals surface area (Å²) in [6.07, 6.45) is 1.36. The molecule has 8 atom stereocenters. The van der Waals surface area contributed by atoms with Gasteiger partial charge < -0.3 is 83.5 Å². The first-order valence-corrected chi connectivity index (χ1v) is 27.2. The molecule has 428 valence electrons. The van der Waals surface area contributed by atoms with Crippen molar-refractivity contribution in [3.05, 3.63) is 117 Å². The fourth-order valence-electron chi connectivity index (χ4n) is 13.0. The van der Waals surface area contributed by atoms with Crippen LogP contribution in [0.2, 0.25) is 10.0 Å². The number of nitrogens with two attached hydrogens (primary N) is 2. The average Bonchev–Trinajstić information content (AvgIpc) is 3.16. The molecule has 0 saturated heterocycles. The first-order chi connectivity index (χ1) is 39.0. The first kappa shape index (κ1) is 55.6. The molecular formula is C57H56Cl2N8O15. The number of nitrogens with one attached hydrogen (secondary N) is 6. The van der Waals surface area contributed by atoms with Crippen LogP contribution >= 0.6 is 23.2 Å². The third-order valence-corrected chi connectivity index (χ3v) is 17.1. The second kappa shape index (κ2) is 21.5. The SMILES string of the molecule is NC(=O)C[C@@H]1NC(=O)[C@H](N)[C@H](O)c2ccc(c(Cl)c2)Oc2cc3cc(c2O)Oc2ccc(cc2Cl)[C@@H](O)[C@@H]2NC(=O)[C@H](NC(=O)[C@@H]3NC1=O)c1ccc(O)c(c1)-c1c(O)cc(O)cc1[C@@H](C(=O)NCC13CC4CC(CC(C4)C1)C3)NC2=O. The summed E-state index contributed by atoms with van der Waals surface area (Å²) < 4.78 is 12.3. The topological polar surface area (TPSA) is 384 Å². The highest BCUT2D eigenvalue weighted by Crippen LogP contribution is 2.60. The largest absolute Gasteiger partial charge is 0.508 e. The van der Waals surface area contributed by atoms with E-state index in [1.165, 1.54) is 48.5 Å². The van der Waals surface area contributed by atoms with Gasteiger partial charge in [0.05, 0.1) is 16.5 Å². The highest BCUT2D eigenvalue weighted by atomic mass is 35.5. The number of aliphatic hydroxyl groups excluding tert-OH is 2. The van der Waals surface area contributed by atoms with Crippen molar-refractivity contribution in [2.75, 3.05) is 6.54 Å². The number of benzene rings is 5. The summed E-state index contributed by atoms with van der Waals surface area (Å²) in [7, 11) is 0. The van der Waals surface area contributed by atoms with Crippen LogP contribution in [0.1, 0.15) is 103 Å². The quantitative estimate of drug-likeness (QED) is 0.119. The highest BCUT2D eigenvalue weighted by molar-refractivity contribution is 6.32. The number of phenols is 4. The van der Waals surface area contributed by atoms with Gasteiger partial charge in [0.15, 0.2) is 11.5 Å². The number of carbonyl (C=O) groups excluding carboxylic acids is 7. The van der Waals surface area contributed by atoms with E-state index >= 15 is 14.4 Å². The maximum atomic E-state index is 15.4. The summed E-state index contributed by atoms with van der Waals surface area (Å²) in [6.45, 7) is 0.234. The monoisotopic (exact) mass is 1160 g/mol. The van der Waals surface area contributed by atoms with Gasteiger partial charge in [0.2, 0.25) is 47.1 Å². The molecule has 5 aliphatic heterocycles. The minimum absolute atomic E-state index is 0.0101. The molecule has 9 aliphatic rings. The predicted octanol–water partition coefficient (Wildman–Crippen LogP) is 3.85. The average molecular weight is 1160 g/mol. The van der Waals surface area contributed by atoms with Gasteiger partial charge in [0, 0.05) is 23.7 Å². The van der Waals surface area contributed by atoms with Gasteiger partial charge in [-0.15, -0.1) is 0 Å². The first-order valence-electron chi connectivity index (χ1n) is 26.4. The normalized spacial score (nSPS) is 28.5. The zero-order valence-electron chi connectivity index (χ0n) is 43.3. The van der Waals surface area contributed by atoms with Gasteiger partial charge >= 0.3 is 0 Å². The number of phenolic OH excluding ortho intramolecular Hbond substituents is 4. The third-order valence-electron chi connectivity index (χ3n) is 16.5. The van der Waals surface area contributed by atoms with Crippen LogP contribution in [0.3, 0.4) is 0 Å². The van der Waals surface area contributed by atoms with Crippen molar-refractivity contribution in [3.63, 3.8) is 0 Å². The molecule has 82 heavy (non-hydrogen) atoms. The summed E-state index contributed by atoms with van der Waals surface area (Å²) in [5.41, 5.74) is 10.1. The van der Waals surface area contributed by atoms with Crippen LogP contribution in [0.5, 0.6) is 46.0 Å². The number of aliphatic hydroxyl groups is 2. The number of fused-ring (bicyclic) bond motifs is 15. The molecule has 0 unspecified atom stereocenters. The molecule has 0 aromatic heterocycles. The minimum Gasteiger partial charge on any atom is -0.508 e. The lowest BCUT2D eigenvalue weighted by molar-refractivity contribution is -0.137. The van der Waals surface area contributed by atoms with Crippen molar-refractivity contribution < 1.29 is 73.7 Å². The Morgan fingerprint density at radius 2 is 1.17 bits per heavy atom. The third kappa shape index (κ3) is 10.6. The lowest BCUT2D eigenvalue weighted by Crippen LogP contribution is -2.57. The summed E-state index contributed by atoms with van der Waals surface area (Å²) in [6, 6.07) is 3.53. The number of rotatable bonds is 5. The van der Waals surface area contributed by atoms with Crippen LogP contribution < -0.4 is 52.8 Å². The highest BCUT2D eigenvalue weighted by Gasteiger charge is 2.51. The minimum atomic E-state index is -2.08. The predicted molar refractivity (Wildman–Crippen MR) is 290 cm³/mol. The van der Waals surface area contributed by atoms with Crippen LogP contribution in [0, 0.1) is 23.2 Å². The Labute approximate surface area is 476 Å². The molecule has 15 bridgehead atoms. The molecule has 14 rings (SSSR count). The van der Waals surface area contributed by atoms with Crippen LogP contribution in [0.15, 0.2) is 78.9 Å². The molecule has 5 aromatic rings. The van der Waals surface area contributed by atoms with E-state index in [2.05, 4.69) is 31.9 Å².